The van der Waals surface area contributed by atoms with Crippen molar-refractivity contribution in [2.45, 2.75) is 396 Å². The lowest BCUT2D eigenvalue weighted by molar-refractivity contribution is -0.136. The molecular weight excluding hydrogens is 2010 g/mol. The van der Waals surface area contributed by atoms with Gasteiger partial charge in [0.05, 0.1) is 46.1 Å². The van der Waals surface area contributed by atoms with E-state index in [1.165, 1.54) is 152 Å². The molecule has 0 atom stereocenters. The summed E-state index contributed by atoms with van der Waals surface area (Å²) in [5.41, 5.74) is 12.3. The minimum Gasteiger partial charge on any atom is -0.474 e. The number of aliphatic hydroxyl groups excluding tert-OH is 1. The molecule has 14 heterocycles. The van der Waals surface area contributed by atoms with Gasteiger partial charge < -0.3 is 70.7 Å². The zero-order chi connectivity index (χ0) is 103. The number of alkyl carbamates (subject to hydrolysis) is 2. The maximum Gasteiger partial charge on any atom is 0.407 e. The van der Waals surface area contributed by atoms with Crippen LogP contribution in [0.25, 0.3) is 51.1 Å². The number of rotatable bonds is 19. The average Bonchev–Trinajstić information content (AvgIpc) is 1.64. The zero-order valence-corrected chi connectivity index (χ0v) is 93.0. The van der Waals surface area contributed by atoms with Crippen molar-refractivity contribution >= 4 is 178 Å². The fourth-order valence-electron chi connectivity index (χ4n) is 23.8. The van der Waals surface area contributed by atoms with E-state index in [9.17, 15) is 33.9 Å². The van der Waals surface area contributed by atoms with Crippen molar-refractivity contribution in [3.8, 4) is 11.8 Å². The molecule has 6 amide bonds. The summed E-state index contributed by atoms with van der Waals surface area (Å²) < 4.78 is 23.4. The number of halogens is 2. The topological polar surface area (TPSA) is 379 Å². The maximum atomic E-state index is 13.0. The van der Waals surface area contributed by atoms with Gasteiger partial charge in [-0.05, 0) is 358 Å². The number of thiophene rings is 5. The Morgan fingerprint density at radius 2 is 0.709 bits per heavy atom. The van der Waals surface area contributed by atoms with Gasteiger partial charge in [-0.2, -0.15) is 0 Å². The normalized spacial score (nSPS) is 23.3. The van der Waals surface area contributed by atoms with E-state index in [-0.39, 0.29) is 72.2 Å². The minimum absolute atomic E-state index is 0.0779. The number of carbonyl (C=O) groups excluding carboxylic acids is 6. The molecule has 0 radical (unpaired) electrons. The van der Waals surface area contributed by atoms with E-state index in [4.69, 9.17) is 47.9 Å². The first kappa shape index (κ1) is 109. The number of likely N-dealkylation sites (tertiary alicyclic amines) is 4. The average molecular weight is 2160 g/mol. The molecular formula is C110H152Cl2N20O11S5. The summed E-state index contributed by atoms with van der Waals surface area (Å²) in [6.07, 6.45) is 56.1. The van der Waals surface area contributed by atoms with E-state index in [1.54, 1.807) is 48.0 Å². The molecule has 10 aromatic heterocycles. The van der Waals surface area contributed by atoms with Crippen molar-refractivity contribution in [2.24, 2.45) is 11.7 Å². The van der Waals surface area contributed by atoms with Gasteiger partial charge in [0.15, 0.2) is 0 Å². The number of nitrogens with zero attached hydrogens (tertiary/aromatic N) is 15. The molecule has 14 aliphatic rings. The number of hydrogen-bond acceptors (Lipinski definition) is 30. The first-order valence-electron chi connectivity index (χ1n) is 55.3. The lowest BCUT2D eigenvalue weighted by atomic mass is 9.84. The number of amides is 6. The van der Waals surface area contributed by atoms with Crippen LogP contribution in [0.15, 0.2) is 31.6 Å². The van der Waals surface area contributed by atoms with Crippen LogP contribution in [0, 0.1) is 5.92 Å². The molecule has 4 saturated heterocycles. The number of nitrogens with two attached hydrogens (primary N) is 1. The van der Waals surface area contributed by atoms with Gasteiger partial charge in [-0.3, -0.25) is 24.1 Å². The molecule has 0 spiro atoms. The summed E-state index contributed by atoms with van der Waals surface area (Å²) >= 11 is 20.4. The van der Waals surface area contributed by atoms with E-state index in [0.29, 0.717) is 48.2 Å². The second kappa shape index (κ2) is 51.3. The summed E-state index contributed by atoms with van der Waals surface area (Å²) in [4.78, 5) is 140. The second-order valence-corrected chi connectivity index (χ2v) is 50.7. The molecule has 38 heteroatoms. The summed E-state index contributed by atoms with van der Waals surface area (Å²) in [5.74, 6) is 5.19. The van der Waals surface area contributed by atoms with Gasteiger partial charge in [0.25, 0.3) is 0 Å². The Labute approximate surface area is 900 Å². The molecule has 24 rings (SSSR count). The summed E-state index contributed by atoms with van der Waals surface area (Å²) in [6.45, 7) is 19.1. The number of fused-ring (bicyclic) bond motifs is 15. The highest BCUT2D eigenvalue weighted by atomic mass is 35.5. The third-order valence-electron chi connectivity index (χ3n) is 31.6. The Balaban J connectivity index is 0.000000117. The first-order valence-corrected chi connectivity index (χ1v) is 60.3. The van der Waals surface area contributed by atoms with Gasteiger partial charge in [0.2, 0.25) is 35.4 Å². The lowest BCUT2D eigenvalue weighted by Gasteiger charge is -2.37. The number of aryl methyl sites for hydroxylation is 10. The van der Waals surface area contributed by atoms with Crippen LogP contribution < -0.4 is 36.5 Å². The largest absolute Gasteiger partial charge is 0.474 e. The highest BCUT2D eigenvalue weighted by molar-refractivity contribution is 7.20. The third-order valence-corrected chi connectivity index (χ3v) is 38.1. The highest BCUT2D eigenvalue weighted by Crippen LogP contribution is 2.47. The van der Waals surface area contributed by atoms with E-state index < -0.39 is 11.2 Å². The number of aromatic nitrogens is 10. The Kier molecular flexibility index (Phi) is 37.8. The molecule has 148 heavy (non-hydrogen) atoms. The van der Waals surface area contributed by atoms with E-state index in [2.05, 4.69) is 80.9 Å². The monoisotopic (exact) mass is 2160 g/mol. The Bertz CT molecular complexity index is 6130. The number of nitrogens with one attached hydrogen (secondary N) is 4. The predicted octanol–water partition coefficient (Wildman–Crippen LogP) is 20.7. The predicted molar refractivity (Wildman–Crippen MR) is 591 cm³/mol. The molecule has 5 saturated carbocycles. The Morgan fingerprint density at radius 1 is 0.385 bits per heavy atom. The van der Waals surface area contributed by atoms with Gasteiger partial charge in [-0.15, -0.1) is 68.3 Å². The van der Waals surface area contributed by atoms with Crippen molar-refractivity contribution in [2.75, 3.05) is 82.0 Å². The molecule has 7 N–H and O–H groups in total. The minimum atomic E-state index is -0.456. The molecule has 0 bridgehead atoms. The number of ether oxygens (including phenoxy) is 4. The van der Waals surface area contributed by atoms with Gasteiger partial charge in [-0.25, -0.2) is 59.4 Å². The van der Waals surface area contributed by atoms with Crippen LogP contribution in [-0.4, -0.2) is 252 Å². The van der Waals surface area contributed by atoms with Crippen LogP contribution in [0.2, 0.25) is 5.15 Å². The van der Waals surface area contributed by atoms with Gasteiger partial charge >= 0.3 is 12.2 Å². The van der Waals surface area contributed by atoms with Crippen LogP contribution >= 0.6 is 79.9 Å². The second-order valence-electron chi connectivity index (χ2n) is 44.6. The standard InChI is InChI=1S/C27H37N5O3S.C22H29N3O2S.C20H28N4O2S.C15H20N4S.C11H21NO3.C9H7ClN2S.C6H10ClNO/c33-23(30-12-1-2-13-30)16-32(17-24(34)31-14-3-4-15-31)19-8-10-20(11-9-19)35-26-25-21-6-5-7-22(21)36-27(25)29-18-28-26;26-19(25-12-1-2-13-25)11-8-15-6-9-16(10-7-15)27-21-20-17-4-3-5-18(17)28-22(20)24-14-23-21;1-20(2,3)26-19(25)24-13-9-7-12(8-10-13)23-17-16-14-5-4-6-15(14)27-18(16)22-11-21-17;16-9-4-6-10(7-5-9)19-14-13-11-2-1-3-12(11)20-15(13)18-8-17-14;1-11(2,3)15-10(14)12-8-4-6-9(13)7-5-8;10-8-7-5-2-1-3-6(5)13-9(7)12-4-11-8;7-5-6(9)8-3-1-2-4-8/h18-20H,1-17H2;14-16H,1-13H2;11-13H,4-10H2,1-3H3,(H,24,25)(H,21,22,23);8-10H,1-7,16H2,(H,17,18,19);8-9,13H,4-7H2,1-3H3,(H,12,14);4H,1-3H2;1-5H2. The molecule has 4 aliphatic heterocycles. The van der Waals surface area contributed by atoms with Gasteiger partial charge in [0.1, 0.15) is 102 Å². The number of hydrogen-bond donors (Lipinski definition) is 6. The van der Waals surface area contributed by atoms with Crippen LogP contribution in [0.5, 0.6) is 11.8 Å². The van der Waals surface area contributed by atoms with Crippen molar-refractivity contribution in [3.63, 3.8) is 0 Å². The van der Waals surface area contributed by atoms with Crippen LogP contribution in [0.1, 0.15) is 318 Å². The lowest BCUT2D eigenvalue weighted by Crippen LogP contribution is -2.50. The van der Waals surface area contributed by atoms with Crippen LogP contribution in [0.4, 0.5) is 21.2 Å². The number of anilines is 2. The molecule has 802 valence electrons. The molecule has 0 aromatic carbocycles. The van der Waals surface area contributed by atoms with Crippen molar-refractivity contribution in [3.05, 3.63) is 89.0 Å². The first-order chi connectivity index (χ1) is 71.7. The number of aliphatic hydroxyl groups is 1. The molecule has 0 unspecified atom stereocenters. The Morgan fingerprint density at radius 3 is 1.10 bits per heavy atom. The Hall–Kier alpha value is -8.72. The fourth-order valence-corrected chi connectivity index (χ4v) is 30.4. The van der Waals surface area contributed by atoms with E-state index in [0.717, 1.165) is 323 Å². The van der Waals surface area contributed by atoms with Crippen LogP contribution in [-0.2, 0) is 92.9 Å². The molecule has 31 nitrogen and oxygen atoms in total. The van der Waals surface area contributed by atoms with Gasteiger partial charge in [-0.1, -0.05) is 11.6 Å². The maximum absolute atomic E-state index is 13.0. The molecule has 9 fully saturated rings. The summed E-state index contributed by atoms with van der Waals surface area (Å²) in [5, 5.41) is 29.0. The fraction of sp³-hybridized carbons (Fsp3) is 0.673. The van der Waals surface area contributed by atoms with Crippen molar-refractivity contribution < 1.29 is 52.8 Å². The summed E-state index contributed by atoms with van der Waals surface area (Å²) in [6, 6.07) is 1.88. The van der Waals surface area contributed by atoms with E-state index in [1.807, 2.05) is 90.3 Å². The van der Waals surface area contributed by atoms with Crippen molar-refractivity contribution in [1.82, 2.24) is 85.0 Å². The number of carbonyl (C=O) groups is 6. The number of alkyl halides is 1. The smallest absolute Gasteiger partial charge is 0.407 e. The highest BCUT2D eigenvalue weighted by Gasteiger charge is 2.38. The molecule has 10 aliphatic carbocycles. The van der Waals surface area contributed by atoms with Crippen molar-refractivity contribution in [1.29, 1.82) is 0 Å². The zero-order valence-electron chi connectivity index (χ0n) is 87.4. The SMILES string of the molecule is CC(C)(C)OC(=O)NC1CCC(Nc2ncnc3sc4c(c23)CCC4)CC1.CC(C)(C)OC(=O)NC1CCC(O)CC1.Clc1ncnc2sc3c(c12)CCC3.NC1CCC(Nc2ncnc3sc4c(c23)CCC4)CC1.O=C(CCC1CCC(Oc2ncnc3sc4c(c23)CCC4)CC1)N1CCCC1.O=C(CCl)N1CCCC1.O=C(CN(CC(=O)N1CCCC1)C1CCC(Oc2ncnc3sc4c(c23)CCC4)CC1)N1CCCC1. The van der Waals surface area contributed by atoms with Crippen LogP contribution in [0.3, 0.4) is 0 Å². The molecule has 10 aromatic rings. The van der Waals surface area contributed by atoms with Gasteiger partial charge in [0, 0.05) is 119 Å². The quantitative estimate of drug-likeness (QED) is 0.0323. The summed E-state index contributed by atoms with van der Waals surface area (Å²) in [7, 11) is 0. The van der Waals surface area contributed by atoms with E-state index >= 15 is 0 Å². The third kappa shape index (κ3) is 28.7.